The van der Waals surface area contributed by atoms with E-state index in [-0.39, 0.29) is 17.9 Å². The van der Waals surface area contributed by atoms with Crippen molar-refractivity contribution < 1.29 is 14.3 Å². The van der Waals surface area contributed by atoms with Crippen LogP contribution in [-0.2, 0) is 9.59 Å². The quantitative estimate of drug-likeness (QED) is 0.571. The van der Waals surface area contributed by atoms with E-state index in [1.54, 1.807) is 36.4 Å². The largest absolute Gasteiger partial charge is 0.491 e. The predicted octanol–water partition coefficient (Wildman–Crippen LogP) is 5.39. The summed E-state index contributed by atoms with van der Waals surface area (Å²) in [5.74, 6) is 1.01. The van der Waals surface area contributed by atoms with E-state index in [1.165, 1.54) is 4.90 Å². The summed E-state index contributed by atoms with van der Waals surface area (Å²) in [4.78, 5) is 30.7. The van der Waals surface area contributed by atoms with Gasteiger partial charge in [0.25, 0.3) is 11.8 Å². The van der Waals surface area contributed by atoms with Crippen LogP contribution in [0.5, 0.6) is 5.75 Å². The number of amides is 2. The highest BCUT2D eigenvalue weighted by Gasteiger charge is 2.43. The minimum Gasteiger partial charge on any atom is -0.491 e. The molecule has 0 radical (unpaired) electrons. The van der Waals surface area contributed by atoms with E-state index in [9.17, 15) is 9.59 Å². The van der Waals surface area contributed by atoms with Crippen LogP contribution in [0, 0.1) is 11.8 Å². The van der Waals surface area contributed by atoms with Crippen molar-refractivity contribution in [2.24, 2.45) is 11.8 Å². The highest BCUT2D eigenvalue weighted by molar-refractivity contribution is 6.45. The van der Waals surface area contributed by atoms with Gasteiger partial charge in [-0.3, -0.25) is 9.59 Å². The van der Waals surface area contributed by atoms with Crippen LogP contribution in [0.4, 0.5) is 5.69 Å². The molecule has 6 heteroatoms. The summed E-state index contributed by atoms with van der Waals surface area (Å²) < 4.78 is 5.71. The maximum absolute atomic E-state index is 13.7. The number of hydrogen-bond donors (Lipinski definition) is 0. The van der Waals surface area contributed by atoms with Gasteiger partial charge in [0, 0.05) is 18.1 Å². The van der Waals surface area contributed by atoms with Crippen molar-refractivity contribution in [2.75, 3.05) is 18.0 Å². The Bertz CT molecular complexity index is 1030. The Labute approximate surface area is 194 Å². The molecule has 2 heterocycles. The van der Waals surface area contributed by atoms with E-state index in [0.717, 1.165) is 19.5 Å². The fraction of sp³-hybridized carbons (Fsp3) is 0.385. The van der Waals surface area contributed by atoms with Gasteiger partial charge in [-0.25, -0.2) is 4.90 Å². The summed E-state index contributed by atoms with van der Waals surface area (Å²) in [6, 6.07) is 14.2. The molecule has 2 unspecified atom stereocenters. The van der Waals surface area contributed by atoms with Crippen LogP contribution >= 0.6 is 11.6 Å². The Hall–Kier alpha value is -2.79. The van der Waals surface area contributed by atoms with E-state index < -0.39 is 0 Å². The number of hydrogen-bond acceptors (Lipinski definition) is 4. The molecule has 0 N–H and O–H groups in total. The molecular formula is C26H29ClN2O3. The average molecular weight is 453 g/mol. The van der Waals surface area contributed by atoms with Gasteiger partial charge in [-0.05, 0) is 74.1 Å². The van der Waals surface area contributed by atoms with Crippen LogP contribution in [0.25, 0.3) is 5.57 Å². The van der Waals surface area contributed by atoms with Gasteiger partial charge in [-0.15, -0.1) is 0 Å². The maximum Gasteiger partial charge on any atom is 0.282 e. The molecule has 0 aliphatic carbocycles. The van der Waals surface area contributed by atoms with E-state index in [1.807, 2.05) is 26.0 Å². The highest BCUT2D eigenvalue weighted by atomic mass is 35.5. The van der Waals surface area contributed by atoms with Crippen LogP contribution in [-0.4, -0.2) is 35.9 Å². The molecule has 2 amide bonds. The highest BCUT2D eigenvalue weighted by Crippen LogP contribution is 2.37. The Morgan fingerprint density at radius 3 is 2.06 bits per heavy atom. The third kappa shape index (κ3) is 4.40. The van der Waals surface area contributed by atoms with Gasteiger partial charge in [0.05, 0.1) is 17.4 Å². The Morgan fingerprint density at radius 2 is 1.50 bits per heavy atom. The fourth-order valence-corrected chi connectivity index (χ4v) is 4.84. The van der Waals surface area contributed by atoms with Crippen molar-refractivity contribution >= 4 is 34.7 Å². The predicted molar refractivity (Wildman–Crippen MR) is 128 cm³/mol. The van der Waals surface area contributed by atoms with Gasteiger partial charge >= 0.3 is 0 Å². The Morgan fingerprint density at radius 1 is 0.906 bits per heavy atom. The number of carbonyl (C=O) groups excluding carboxylic acids is 2. The van der Waals surface area contributed by atoms with Crippen LogP contribution in [0.2, 0.25) is 5.02 Å². The van der Waals surface area contributed by atoms with Crippen LogP contribution < -0.4 is 9.64 Å². The van der Waals surface area contributed by atoms with Gasteiger partial charge < -0.3 is 9.64 Å². The number of benzene rings is 2. The molecule has 2 atom stereocenters. The number of ether oxygens (including phenoxy) is 1. The van der Waals surface area contributed by atoms with Crippen LogP contribution in [0.1, 0.15) is 39.7 Å². The van der Waals surface area contributed by atoms with Crippen molar-refractivity contribution in [1.29, 1.82) is 0 Å². The first kappa shape index (κ1) is 22.4. The second-order valence-electron chi connectivity index (χ2n) is 9.19. The summed E-state index contributed by atoms with van der Waals surface area (Å²) >= 11 is 6.08. The van der Waals surface area contributed by atoms with Crippen molar-refractivity contribution in [3.8, 4) is 5.75 Å². The number of halogens is 1. The number of piperidine rings is 1. The molecule has 2 aliphatic heterocycles. The lowest BCUT2D eigenvalue weighted by Crippen LogP contribution is -2.42. The second kappa shape index (κ2) is 8.99. The molecule has 2 aromatic carbocycles. The molecule has 2 aliphatic rings. The molecule has 5 nitrogen and oxygen atoms in total. The third-order valence-corrected chi connectivity index (χ3v) is 6.10. The molecule has 0 aromatic heterocycles. The molecule has 1 saturated heterocycles. The molecule has 2 aromatic rings. The third-order valence-electron chi connectivity index (χ3n) is 5.84. The van der Waals surface area contributed by atoms with Crippen molar-refractivity contribution in [3.05, 3.63) is 64.8 Å². The summed E-state index contributed by atoms with van der Waals surface area (Å²) in [6.07, 6.45) is 1.16. The molecule has 32 heavy (non-hydrogen) atoms. The molecule has 1 fully saturated rings. The van der Waals surface area contributed by atoms with Crippen molar-refractivity contribution in [2.45, 2.75) is 40.2 Å². The van der Waals surface area contributed by atoms with Gasteiger partial charge in [0.2, 0.25) is 0 Å². The maximum atomic E-state index is 13.7. The lowest BCUT2D eigenvalue weighted by molar-refractivity contribution is -0.120. The molecule has 4 rings (SSSR count). The minimum atomic E-state index is -0.310. The number of imide groups is 1. The lowest BCUT2D eigenvalue weighted by Gasteiger charge is -2.37. The monoisotopic (exact) mass is 452 g/mol. The molecular weight excluding hydrogens is 424 g/mol. The first-order chi connectivity index (χ1) is 15.2. The summed E-state index contributed by atoms with van der Waals surface area (Å²) in [7, 11) is 0. The number of anilines is 1. The van der Waals surface area contributed by atoms with Gasteiger partial charge in [0.1, 0.15) is 11.4 Å². The van der Waals surface area contributed by atoms with E-state index in [4.69, 9.17) is 16.3 Å². The topological polar surface area (TPSA) is 49.9 Å². The van der Waals surface area contributed by atoms with Gasteiger partial charge in [-0.1, -0.05) is 37.6 Å². The zero-order valence-corrected chi connectivity index (χ0v) is 19.7. The summed E-state index contributed by atoms with van der Waals surface area (Å²) in [5.41, 5.74) is 2.17. The van der Waals surface area contributed by atoms with Crippen LogP contribution in [0.15, 0.2) is 54.2 Å². The molecule has 0 spiro atoms. The average Bonchev–Trinajstić information content (AvgIpc) is 2.98. The smallest absolute Gasteiger partial charge is 0.282 e. The molecule has 0 saturated carbocycles. The SMILES string of the molecule is CC1CC(C)CN(C2=C(c3ccc(Cl)cc3)C(=O)N(c3ccc(OC(C)C)cc3)C2=O)C1. The van der Waals surface area contributed by atoms with Gasteiger partial charge in [0.15, 0.2) is 0 Å². The number of likely N-dealkylation sites (tertiary alicyclic amines) is 1. The fourth-order valence-electron chi connectivity index (χ4n) is 4.71. The second-order valence-corrected chi connectivity index (χ2v) is 9.62. The zero-order valence-electron chi connectivity index (χ0n) is 19.0. The number of rotatable bonds is 5. The molecule has 0 bridgehead atoms. The number of nitrogens with zero attached hydrogens (tertiary/aromatic N) is 2. The molecule has 168 valence electrons. The van der Waals surface area contributed by atoms with Crippen molar-refractivity contribution in [3.63, 3.8) is 0 Å². The first-order valence-electron chi connectivity index (χ1n) is 11.1. The first-order valence-corrected chi connectivity index (χ1v) is 11.5. The normalized spacial score (nSPS) is 21.7. The van der Waals surface area contributed by atoms with E-state index >= 15 is 0 Å². The minimum absolute atomic E-state index is 0.0451. The van der Waals surface area contributed by atoms with E-state index in [2.05, 4.69) is 18.7 Å². The summed E-state index contributed by atoms with van der Waals surface area (Å²) in [6.45, 7) is 9.80. The summed E-state index contributed by atoms with van der Waals surface area (Å²) in [5, 5.41) is 0.588. The Kier molecular flexibility index (Phi) is 6.29. The lowest BCUT2D eigenvalue weighted by atomic mass is 9.91. The standard InChI is InChI=1S/C26H29ClN2O3/c1-16(2)32-22-11-9-21(10-12-22)29-25(30)23(19-5-7-20(27)8-6-19)24(26(29)31)28-14-17(3)13-18(4)15-28/h5-12,16-18H,13-15H2,1-4H3. The van der Waals surface area contributed by atoms with Gasteiger partial charge in [-0.2, -0.15) is 0 Å². The van der Waals surface area contributed by atoms with E-state index in [0.29, 0.717) is 45.1 Å². The van der Waals surface area contributed by atoms with Crippen molar-refractivity contribution in [1.82, 2.24) is 4.90 Å². The zero-order chi connectivity index (χ0) is 23.0. The number of carbonyl (C=O) groups is 2. The van der Waals surface area contributed by atoms with Crippen LogP contribution in [0.3, 0.4) is 0 Å². The Balaban J connectivity index is 1.75.